The summed E-state index contributed by atoms with van der Waals surface area (Å²) in [5.74, 6) is 0.665. The number of benzene rings is 7. The van der Waals surface area contributed by atoms with Crippen molar-refractivity contribution in [2.24, 2.45) is 0 Å². The molecule has 0 amide bonds. The summed E-state index contributed by atoms with van der Waals surface area (Å²) in [5, 5.41) is 7.02. The van der Waals surface area contributed by atoms with Crippen LogP contribution in [0, 0.1) is 0 Å². The van der Waals surface area contributed by atoms with Crippen molar-refractivity contribution in [1.29, 1.82) is 0 Å². The van der Waals surface area contributed by atoms with Gasteiger partial charge in [0.1, 0.15) is 11.2 Å². The summed E-state index contributed by atoms with van der Waals surface area (Å²) in [4.78, 5) is 10.9. The second-order valence-electron chi connectivity index (χ2n) is 14.6. The lowest BCUT2D eigenvalue weighted by atomic mass is 9.77. The molecule has 7 aromatic carbocycles. The van der Waals surface area contributed by atoms with E-state index in [4.69, 9.17) is 14.4 Å². The molecule has 0 spiro atoms. The molecule has 4 heteroatoms. The second-order valence-corrected chi connectivity index (χ2v) is 14.6. The van der Waals surface area contributed by atoms with Gasteiger partial charge in [0, 0.05) is 38.1 Å². The van der Waals surface area contributed by atoms with Crippen LogP contribution in [0.1, 0.15) is 30.7 Å². The Labute approximate surface area is 306 Å². The minimum absolute atomic E-state index is 0.298. The monoisotopic (exact) mass is 679 g/mol. The molecule has 0 radical (unpaired) electrons. The predicted octanol–water partition coefficient (Wildman–Crippen LogP) is 12.8. The fraction of sp³-hybridized carbons (Fsp3) is 0.0612. The second kappa shape index (κ2) is 11.1. The third-order valence-corrected chi connectivity index (χ3v) is 11.2. The molecule has 0 atom stereocenters. The SMILES string of the molecule is CC1(C)C(c2ccccc2)=Cc2nc(-n3c4ccc(-c5ccc6oc7ccccc7c6c5)cc4c4c5ccccc5ccc43)nc(-c3ccccc3)c21. The predicted molar refractivity (Wildman–Crippen MR) is 219 cm³/mol. The molecule has 53 heavy (non-hydrogen) atoms. The average molecular weight is 680 g/mol. The Hall–Kier alpha value is -6.78. The molecule has 0 fully saturated rings. The van der Waals surface area contributed by atoms with Crippen LogP contribution in [0.25, 0.3) is 94.5 Å². The normalized spacial score (nSPS) is 13.7. The fourth-order valence-electron chi connectivity index (χ4n) is 8.70. The number of hydrogen-bond acceptors (Lipinski definition) is 3. The van der Waals surface area contributed by atoms with E-state index in [9.17, 15) is 0 Å². The summed E-state index contributed by atoms with van der Waals surface area (Å²) >= 11 is 0. The van der Waals surface area contributed by atoms with Gasteiger partial charge in [-0.25, -0.2) is 9.97 Å². The van der Waals surface area contributed by atoms with Gasteiger partial charge in [-0.15, -0.1) is 0 Å². The van der Waals surface area contributed by atoms with Crippen molar-refractivity contribution >= 4 is 66.2 Å². The largest absolute Gasteiger partial charge is 0.456 e. The third-order valence-electron chi connectivity index (χ3n) is 11.2. The Balaban J connectivity index is 1.19. The summed E-state index contributed by atoms with van der Waals surface area (Å²) in [6.07, 6.45) is 2.28. The van der Waals surface area contributed by atoms with Crippen LogP contribution in [0.15, 0.2) is 162 Å². The highest BCUT2D eigenvalue weighted by Crippen LogP contribution is 2.50. The van der Waals surface area contributed by atoms with Crippen molar-refractivity contribution in [3.05, 3.63) is 175 Å². The zero-order valence-corrected chi connectivity index (χ0v) is 29.3. The molecule has 1 aliphatic carbocycles. The van der Waals surface area contributed by atoms with E-state index < -0.39 is 0 Å². The standard InChI is InChI=1S/C49H33N3O/c1-49(2)39(31-14-5-3-6-15-31)29-40-46(49)47(32-16-7-4-8-17-32)51-48(50-40)52-41-24-22-33(28-38(41)45-35-18-10-9-13-30(35)21-25-42(45)52)34-23-26-44-37(27-34)36-19-11-12-20-43(36)53-44/h3-29H,1-2H3. The van der Waals surface area contributed by atoms with Crippen LogP contribution in [0.2, 0.25) is 0 Å². The van der Waals surface area contributed by atoms with Crippen molar-refractivity contribution in [3.63, 3.8) is 0 Å². The van der Waals surface area contributed by atoms with Crippen molar-refractivity contribution in [2.75, 3.05) is 0 Å². The lowest BCUT2D eigenvalue weighted by Crippen LogP contribution is -2.19. The van der Waals surface area contributed by atoms with E-state index in [-0.39, 0.29) is 5.41 Å². The van der Waals surface area contributed by atoms with E-state index in [2.05, 4.69) is 170 Å². The van der Waals surface area contributed by atoms with Gasteiger partial charge in [-0.3, -0.25) is 4.57 Å². The maximum Gasteiger partial charge on any atom is 0.235 e. The zero-order valence-electron chi connectivity index (χ0n) is 29.3. The number of hydrogen-bond donors (Lipinski definition) is 0. The quantitative estimate of drug-likeness (QED) is 0.186. The Morgan fingerprint density at radius 1 is 0.509 bits per heavy atom. The van der Waals surface area contributed by atoms with Crippen LogP contribution in [0.3, 0.4) is 0 Å². The van der Waals surface area contributed by atoms with Crippen LogP contribution in [-0.4, -0.2) is 14.5 Å². The summed E-state index contributed by atoms with van der Waals surface area (Å²) in [6, 6.07) is 55.9. The first kappa shape index (κ1) is 29.9. The van der Waals surface area contributed by atoms with Crippen LogP contribution in [0.4, 0.5) is 0 Å². The number of nitrogens with zero attached hydrogens (tertiary/aromatic N) is 3. The van der Waals surface area contributed by atoms with Crippen molar-refractivity contribution in [1.82, 2.24) is 14.5 Å². The molecule has 0 saturated heterocycles. The van der Waals surface area contributed by atoms with Gasteiger partial charge < -0.3 is 4.42 Å². The lowest BCUT2D eigenvalue weighted by Gasteiger charge is -2.27. The highest BCUT2D eigenvalue weighted by atomic mass is 16.3. The fourth-order valence-corrected chi connectivity index (χ4v) is 8.70. The van der Waals surface area contributed by atoms with E-state index in [0.717, 1.165) is 72.0 Å². The molecule has 10 aromatic rings. The van der Waals surface area contributed by atoms with Crippen molar-refractivity contribution in [3.8, 4) is 28.3 Å². The van der Waals surface area contributed by atoms with Crippen LogP contribution >= 0.6 is 0 Å². The van der Waals surface area contributed by atoms with Gasteiger partial charge in [-0.05, 0) is 75.5 Å². The molecule has 11 rings (SSSR count). The number of para-hydroxylation sites is 1. The van der Waals surface area contributed by atoms with Gasteiger partial charge in [-0.2, -0.15) is 0 Å². The van der Waals surface area contributed by atoms with Crippen molar-refractivity contribution < 1.29 is 4.42 Å². The van der Waals surface area contributed by atoms with Crippen LogP contribution in [-0.2, 0) is 5.41 Å². The van der Waals surface area contributed by atoms with E-state index in [0.29, 0.717) is 5.95 Å². The first-order valence-corrected chi connectivity index (χ1v) is 18.2. The number of furan rings is 1. The van der Waals surface area contributed by atoms with Crippen LogP contribution in [0.5, 0.6) is 0 Å². The average Bonchev–Trinajstić information content (AvgIpc) is 3.84. The third kappa shape index (κ3) is 4.42. The molecule has 4 nitrogen and oxygen atoms in total. The minimum Gasteiger partial charge on any atom is -0.456 e. The molecule has 3 aromatic heterocycles. The Morgan fingerprint density at radius 2 is 1.15 bits per heavy atom. The van der Waals surface area contributed by atoms with Gasteiger partial charge in [0.05, 0.1) is 22.4 Å². The van der Waals surface area contributed by atoms with E-state index in [1.165, 1.54) is 27.3 Å². The number of allylic oxidation sites excluding steroid dienone is 1. The first-order chi connectivity index (χ1) is 26.0. The molecular weight excluding hydrogens is 647 g/mol. The summed E-state index contributed by atoms with van der Waals surface area (Å²) in [6.45, 7) is 4.59. The Bertz CT molecular complexity index is 3130. The molecule has 0 saturated carbocycles. The molecule has 250 valence electrons. The lowest BCUT2D eigenvalue weighted by molar-refractivity contribution is 0.669. The number of aromatic nitrogens is 3. The van der Waals surface area contributed by atoms with Gasteiger partial charge in [-0.1, -0.05) is 135 Å². The maximum atomic E-state index is 6.17. The van der Waals surface area contributed by atoms with E-state index in [1.807, 2.05) is 12.1 Å². The summed E-state index contributed by atoms with van der Waals surface area (Å²) in [5.41, 5.74) is 12.6. The topological polar surface area (TPSA) is 43.9 Å². The van der Waals surface area contributed by atoms with Gasteiger partial charge in [0.15, 0.2) is 0 Å². The summed E-state index contributed by atoms with van der Waals surface area (Å²) < 4.78 is 8.43. The molecular formula is C49H33N3O. The number of rotatable bonds is 4. The Kier molecular flexibility index (Phi) is 6.27. The molecule has 0 aliphatic heterocycles. The number of fused-ring (bicyclic) bond motifs is 9. The Morgan fingerprint density at radius 3 is 1.96 bits per heavy atom. The first-order valence-electron chi connectivity index (χ1n) is 18.2. The smallest absolute Gasteiger partial charge is 0.235 e. The van der Waals surface area contributed by atoms with Crippen molar-refractivity contribution in [2.45, 2.75) is 19.3 Å². The molecule has 0 N–H and O–H groups in total. The van der Waals surface area contributed by atoms with E-state index in [1.54, 1.807) is 0 Å². The highest BCUT2D eigenvalue weighted by Gasteiger charge is 2.38. The molecule has 0 unspecified atom stereocenters. The molecule has 3 heterocycles. The van der Waals surface area contributed by atoms with Gasteiger partial charge >= 0.3 is 0 Å². The van der Waals surface area contributed by atoms with Gasteiger partial charge in [0.2, 0.25) is 5.95 Å². The zero-order chi connectivity index (χ0) is 35.3. The van der Waals surface area contributed by atoms with Crippen LogP contribution < -0.4 is 0 Å². The molecule has 1 aliphatic rings. The molecule has 0 bridgehead atoms. The highest BCUT2D eigenvalue weighted by molar-refractivity contribution is 6.22. The van der Waals surface area contributed by atoms with Gasteiger partial charge in [0.25, 0.3) is 0 Å². The minimum atomic E-state index is -0.298. The maximum absolute atomic E-state index is 6.17. The summed E-state index contributed by atoms with van der Waals surface area (Å²) in [7, 11) is 0. The van der Waals surface area contributed by atoms with E-state index >= 15 is 0 Å².